The van der Waals surface area contributed by atoms with Crippen LogP contribution in [-0.4, -0.2) is 102 Å². The van der Waals surface area contributed by atoms with Crippen LogP contribution in [0.4, 0.5) is 0 Å². The van der Waals surface area contributed by atoms with E-state index in [1.54, 1.807) is 14.2 Å². The molecule has 3 fully saturated rings. The first kappa shape index (κ1) is 54.6. The van der Waals surface area contributed by atoms with Crippen molar-refractivity contribution in [3.8, 4) is 11.5 Å². The highest BCUT2D eigenvalue weighted by molar-refractivity contribution is 5.66. The van der Waals surface area contributed by atoms with Crippen LogP contribution in [0.3, 0.4) is 0 Å². The molecule has 0 aromatic heterocycles. The van der Waals surface area contributed by atoms with Crippen LogP contribution < -0.4 is 9.47 Å². The highest BCUT2D eigenvalue weighted by atomic mass is 16.8. The number of carbonyl (C=O) groups is 1. The van der Waals surface area contributed by atoms with E-state index >= 15 is 0 Å². The number of hydrogen-bond acceptors (Lipinski definition) is 14. The van der Waals surface area contributed by atoms with Gasteiger partial charge in [-0.15, -0.1) is 0 Å². The molecule has 0 bridgehead atoms. The maximum absolute atomic E-state index is 13.2. The molecular weight excluding hydrogens is 993 g/mol. The van der Waals surface area contributed by atoms with E-state index in [1.165, 1.54) is 14.0 Å². The third-order valence-electron chi connectivity index (χ3n) is 14.3. The number of benzene rings is 7. The Morgan fingerprint density at radius 1 is 0.500 bits per heavy atom. The fourth-order valence-corrected chi connectivity index (χ4v) is 10.4. The zero-order valence-corrected chi connectivity index (χ0v) is 44.2. The number of rotatable bonds is 22. The molecule has 0 spiro atoms. The Morgan fingerprint density at radius 3 is 1.47 bits per heavy atom. The van der Waals surface area contributed by atoms with Crippen molar-refractivity contribution >= 4 is 5.97 Å². The van der Waals surface area contributed by atoms with Crippen LogP contribution >= 0.6 is 0 Å². The highest BCUT2D eigenvalue weighted by Gasteiger charge is 2.57. The quantitative estimate of drug-likeness (QED) is 0.0470. The van der Waals surface area contributed by atoms with Crippen LogP contribution in [0.15, 0.2) is 200 Å². The van der Waals surface area contributed by atoms with Gasteiger partial charge in [-0.25, -0.2) is 0 Å². The SMILES string of the molecule is COc1ccc(C(OC[C@H]2O[C@H](O[C@@H]3[C@@H](OC(C)=O)[C@@H](OC)O[C@@H]4COC(c5ccccc5)O[C@@H]34)[C@H](OCc3ccccc3)[C@@H](OCc3ccccc3)[C@@H]2OCc2ccccc2)(c2ccccc2)c2ccc(OC)cc2)cc1. The maximum atomic E-state index is 13.2. The molecule has 3 heterocycles. The van der Waals surface area contributed by atoms with Gasteiger partial charge in [-0.2, -0.15) is 0 Å². The first-order valence-corrected chi connectivity index (χ1v) is 26.3. The Hall–Kier alpha value is -6.79. The smallest absolute Gasteiger partial charge is 0.303 e. The summed E-state index contributed by atoms with van der Waals surface area (Å²) in [6.07, 6.45) is -10.7. The lowest BCUT2D eigenvalue weighted by atomic mass is 9.80. The molecule has 0 aliphatic carbocycles. The average Bonchev–Trinajstić information content (AvgIpc) is 3.67. The van der Waals surface area contributed by atoms with Crippen LogP contribution in [0.25, 0.3) is 0 Å². The Labute approximate surface area is 455 Å². The molecular formula is C64H66O14. The molecule has 1 unspecified atom stereocenters. The zero-order valence-electron chi connectivity index (χ0n) is 44.2. The predicted molar refractivity (Wildman–Crippen MR) is 288 cm³/mol. The largest absolute Gasteiger partial charge is 0.497 e. The fourth-order valence-electron chi connectivity index (χ4n) is 10.4. The van der Waals surface area contributed by atoms with Crippen LogP contribution in [0.2, 0.25) is 0 Å². The second kappa shape index (κ2) is 26.2. The number of fused-ring (bicyclic) bond motifs is 1. The second-order valence-corrected chi connectivity index (χ2v) is 19.3. The molecule has 14 heteroatoms. The first-order valence-electron chi connectivity index (χ1n) is 26.3. The molecule has 3 aliphatic rings. The molecule has 14 nitrogen and oxygen atoms in total. The Bertz CT molecular complexity index is 2850. The van der Waals surface area contributed by atoms with Crippen molar-refractivity contribution < 1.29 is 66.4 Å². The number of methoxy groups -OCH3 is 3. The van der Waals surface area contributed by atoms with Gasteiger partial charge in [0.15, 0.2) is 25.0 Å². The molecule has 11 atom stereocenters. The number of hydrogen-bond donors (Lipinski definition) is 0. The van der Waals surface area contributed by atoms with E-state index in [1.807, 2.05) is 200 Å². The third-order valence-corrected chi connectivity index (χ3v) is 14.3. The van der Waals surface area contributed by atoms with Gasteiger partial charge in [-0.05, 0) is 57.6 Å². The van der Waals surface area contributed by atoms with Crippen molar-refractivity contribution in [1.82, 2.24) is 0 Å². The molecule has 78 heavy (non-hydrogen) atoms. The number of carbonyl (C=O) groups excluding carboxylic acids is 1. The summed E-state index contributed by atoms with van der Waals surface area (Å²) in [5.41, 5.74) is 4.77. The molecule has 3 aliphatic heterocycles. The van der Waals surface area contributed by atoms with Crippen molar-refractivity contribution in [2.24, 2.45) is 0 Å². The summed E-state index contributed by atoms with van der Waals surface area (Å²) in [4.78, 5) is 13.2. The number of ether oxygens (including phenoxy) is 13. The van der Waals surface area contributed by atoms with Gasteiger partial charge in [0.2, 0.25) is 0 Å². The summed E-state index contributed by atoms with van der Waals surface area (Å²) in [6, 6.07) is 65.1. The normalized spacial score (nSPS) is 25.1. The minimum atomic E-state index is -1.27. The lowest BCUT2D eigenvalue weighted by Crippen LogP contribution is -2.67. The summed E-state index contributed by atoms with van der Waals surface area (Å²) in [5, 5.41) is 0. The molecule has 0 amide bonds. The van der Waals surface area contributed by atoms with E-state index in [-0.39, 0.29) is 33.0 Å². The highest BCUT2D eigenvalue weighted by Crippen LogP contribution is 2.44. The Morgan fingerprint density at radius 2 is 0.974 bits per heavy atom. The standard InChI is InChI=1S/C64H66O14/c1-43(65)74-60-58(56-53(75-62(60)68-4)41-72-61(77-56)47-26-16-8-17-27-47)78-63-59(71-40-46-24-14-7-15-25-46)57(70-39-45-22-12-6-13-23-45)55(69-38-44-20-10-5-11-21-44)54(76-63)42-73-64(48-28-18-9-19-29-48,49-30-34-51(66-2)35-31-49)50-32-36-52(67-3)37-33-50/h5-37,53-63H,38-42H2,1-4H3/t53-,54-,55-,56-,57+,58+,59-,60-,61?,62+,63-/m1/s1. The van der Waals surface area contributed by atoms with Gasteiger partial charge < -0.3 is 61.6 Å². The second-order valence-electron chi connectivity index (χ2n) is 19.3. The van der Waals surface area contributed by atoms with Gasteiger partial charge in [0.1, 0.15) is 59.8 Å². The van der Waals surface area contributed by atoms with Gasteiger partial charge >= 0.3 is 5.97 Å². The van der Waals surface area contributed by atoms with Crippen molar-refractivity contribution in [3.63, 3.8) is 0 Å². The summed E-state index contributed by atoms with van der Waals surface area (Å²) in [7, 11) is 4.77. The molecule has 0 saturated carbocycles. The van der Waals surface area contributed by atoms with Gasteiger partial charge in [0, 0.05) is 19.6 Å². The maximum Gasteiger partial charge on any atom is 0.303 e. The van der Waals surface area contributed by atoms with Gasteiger partial charge in [0.25, 0.3) is 0 Å². The molecule has 7 aromatic rings. The van der Waals surface area contributed by atoms with Crippen molar-refractivity contribution in [1.29, 1.82) is 0 Å². The summed E-state index contributed by atoms with van der Waals surface area (Å²) < 4.78 is 86.9. The first-order chi connectivity index (χ1) is 38.3. The van der Waals surface area contributed by atoms with E-state index in [9.17, 15) is 4.79 Å². The van der Waals surface area contributed by atoms with Gasteiger partial charge in [-0.3, -0.25) is 4.79 Å². The van der Waals surface area contributed by atoms with Crippen molar-refractivity contribution in [2.45, 2.75) is 100 Å². The Kier molecular flexibility index (Phi) is 18.4. The van der Waals surface area contributed by atoms with Crippen LogP contribution in [0.1, 0.15) is 52.2 Å². The molecule has 3 saturated heterocycles. The lowest BCUT2D eigenvalue weighted by Gasteiger charge is -2.51. The summed E-state index contributed by atoms with van der Waals surface area (Å²) in [5.74, 6) is 0.786. The third kappa shape index (κ3) is 12.7. The molecule has 0 N–H and O–H groups in total. The minimum absolute atomic E-state index is 0.0861. The van der Waals surface area contributed by atoms with E-state index in [0.717, 1.165) is 38.9 Å². The average molecular weight is 1060 g/mol. The van der Waals surface area contributed by atoms with E-state index < -0.39 is 79.3 Å². The zero-order chi connectivity index (χ0) is 53.7. The number of esters is 1. The van der Waals surface area contributed by atoms with E-state index in [2.05, 4.69) is 0 Å². The molecule has 0 radical (unpaired) electrons. The molecule has 406 valence electrons. The van der Waals surface area contributed by atoms with Gasteiger partial charge in [-0.1, -0.05) is 176 Å². The summed E-state index contributed by atoms with van der Waals surface area (Å²) >= 11 is 0. The van der Waals surface area contributed by atoms with Gasteiger partial charge in [0.05, 0.1) is 47.3 Å². The van der Waals surface area contributed by atoms with Crippen molar-refractivity contribution in [2.75, 3.05) is 34.5 Å². The fraction of sp³-hybridized carbons (Fsp3) is 0.328. The molecule has 10 rings (SSSR count). The lowest BCUT2D eigenvalue weighted by molar-refractivity contribution is -0.396. The van der Waals surface area contributed by atoms with E-state index in [0.29, 0.717) is 11.5 Å². The summed E-state index contributed by atoms with van der Waals surface area (Å²) in [6.45, 7) is 1.87. The van der Waals surface area contributed by atoms with Crippen LogP contribution in [0.5, 0.6) is 11.5 Å². The monoisotopic (exact) mass is 1060 g/mol. The van der Waals surface area contributed by atoms with Crippen LogP contribution in [-0.2, 0) is 82.3 Å². The Balaban J connectivity index is 1.11. The van der Waals surface area contributed by atoms with Crippen LogP contribution in [0, 0.1) is 0 Å². The predicted octanol–water partition coefficient (Wildman–Crippen LogP) is 10.3. The molecule has 7 aromatic carbocycles. The topological polar surface area (TPSA) is 137 Å². The van der Waals surface area contributed by atoms with E-state index in [4.69, 9.17) is 61.6 Å². The minimum Gasteiger partial charge on any atom is -0.497 e. The van der Waals surface area contributed by atoms with Crippen molar-refractivity contribution in [3.05, 3.63) is 239 Å².